The lowest BCUT2D eigenvalue weighted by molar-refractivity contribution is -0.139. The summed E-state index contributed by atoms with van der Waals surface area (Å²) in [5.41, 5.74) is 2.56. The molecular formula is C12H13N3O3. The predicted molar refractivity (Wildman–Crippen MR) is 65.0 cm³/mol. The fourth-order valence-electron chi connectivity index (χ4n) is 1.29. The second-order valence-electron chi connectivity index (χ2n) is 4.01. The van der Waals surface area contributed by atoms with Crippen LogP contribution in [0.2, 0.25) is 0 Å². The summed E-state index contributed by atoms with van der Waals surface area (Å²) >= 11 is 0. The van der Waals surface area contributed by atoms with E-state index >= 15 is 0 Å². The zero-order valence-electron chi connectivity index (χ0n) is 9.59. The molecular weight excluding hydrogens is 234 g/mol. The number of amides is 2. The molecule has 0 spiro atoms. The number of nitrogens with one attached hydrogen (secondary N) is 2. The van der Waals surface area contributed by atoms with E-state index in [2.05, 4.69) is 15.8 Å². The van der Waals surface area contributed by atoms with Crippen molar-refractivity contribution in [1.29, 1.82) is 0 Å². The zero-order chi connectivity index (χ0) is 13.0. The van der Waals surface area contributed by atoms with Crippen molar-refractivity contribution < 1.29 is 14.7 Å². The molecule has 1 fully saturated rings. The van der Waals surface area contributed by atoms with E-state index in [9.17, 15) is 14.7 Å². The first-order valence-electron chi connectivity index (χ1n) is 5.58. The van der Waals surface area contributed by atoms with E-state index in [4.69, 9.17) is 0 Å². The topological polar surface area (TPSA) is 90.8 Å². The highest BCUT2D eigenvalue weighted by Gasteiger charge is 2.26. The van der Waals surface area contributed by atoms with Gasteiger partial charge in [0.1, 0.15) is 5.75 Å². The Kier molecular flexibility index (Phi) is 3.57. The standard InChI is InChI=1S/C12H13N3O3/c16-10-4-2-1-3-8(10)7-13-15-12(18)11(17)14-9-5-6-9/h1-4,7,9,16H,5-6H2,(H,14,17)(H,15,18)/b13-7+. The van der Waals surface area contributed by atoms with Crippen molar-refractivity contribution >= 4 is 18.0 Å². The van der Waals surface area contributed by atoms with Gasteiger partial charge >= 0.3 is 11.8 Å². The molecule has 94 valence electrons. The summed E-state index contributed by atoms with van der Waals surface area (Å²) in [4.78, 5) is 22.5. The predicted octanol–water partition coefficient (Wildman–Crippen LogP) is 0.121. The van der Waals surface area contributed by atoms with Gasteiger partial charge in [-0.3, -0.25) is 9.59 Å². The minimum Gasteiger partial charge on any atom is -0.507 e. The fraction of sp³-hybridized carbons (Fsp3) is 0.250. The number of benzene rings is 1. The molecule has 0 radical (unpaired) electrons. The number of phenols is 1. The number of phenolic OH excluding ortho intramolecular Hbond substituents is 1. The average molecular weight is 247 g/mol. The van der Waals surface area contributed by atoms with Gasteiger partial charge in [0.15, 0.2) is 0 Å². The average Bonchev–Trinajstić information content (AvgIpc) is 3.15. The van der Waals surface area contributed by atoms with Gasteiger partial charge in [0.25, 0.3) is 0 Å². The molecule has 0 atom stereocenters. The van der Waals surface area contributed by atoms with Crippen LogP contribution in [0.25, 0.3) is 0 Å². The van der Waals surface area contributed by atoms with Gasteiger partial charge in [-0.05, 0) is 25.0 Å². The van der Waals surface area contributed by atoms with Crippen molar-refractivity contribution in [3.05, 3.63) is 29.8 Å². The third kappa shape index (κ3) is 3.31. The minimum absolute atomic E-state index is 0.0536. The van der Waals surface area contributed by atoms with E-state index in [1.807, 2.05) is 0 Å². The molecule has 1 saturated carbocycles. The van der Waals surface area contributed by atoms with Gasteiger partial charge in [-0.2, -0.15) is 5.10 Å². The summed E-state index contributed by atoms with van der Waals surface area (Å²) in [5, 5.41) is 15.6. The van der Waals surface area contributed by atoms with E-state index < -0.39 is 11.8 Å². The summed E-state index contributed by atoms with van der Waals surface area (Å²) in [6, 6.07) is 6.67. The molecule has 2 rings (SSSR count). The van der Waals surface area contributed by atoms with Crippen molar-refractivity contribution in [3.63, 3.8) is 0 Å². The van der Waals surface area contributed by atoms with Crippen LogP contribution in [-0.4, -0.2) is 29.2 Å². The summed E-state index contributed by atoms with van der Waals surface area (Å²) in [6.45, 7) is 0. The third-order valence-electron chi connectivity index (χ3n) is 2.43. The molecule has 0 aromatic heterocycles. The molecule has 1 aliphatic rings. The Morgan fingerprint density at radius 3 is 2.67 bits per heavy atom. The van der Waals surface area contributed by atoms with Crippen molar-refractivity contribution in [3.8, 4) is 5.75 Å². The number of carbonyl (C=O) groups excluding carboxylic acids is 2. The molecule has 6 heteroatoms. The number of hydrazone groups is 1. The van der Waals surface area contributed by atoms with Gasteiger partial charge in [-0.25, -0.2) is 5.43 Å². The summed E-state index contributed by atoms with van der Waals surface area (Å²) < 4.78 is 0. The normalized spacial score (nSPS) is 14.4. The maximum atomic E-state index is 11.3. The van der Waals surface area contributed by atoms with E-state index in [-0.39, 0.29) is 11.8 Å². The molecule has 1 aromatic rings. The Balaban J connectivity index is 1.85. The molecule has 18 heavy (non-hydrogen) atoms. The van der Waals surface area contributed by atoms with Crippen molar-refractivity contribution in [1.82, 2.24) is 10.7 Å². The van der Waals surface area contributed by atoms with Gasteiger partial charge in [0.2, 0.25) is 0 Å². The van der Waals surface area contributed by atoms with Crippen molar-refractivity contribution in [2.24, 2.45) is 5.10 Å². The van der Waals surface area contributed by atoms with Crippen LogP contribution in [0.15, 0.2) is 29.4 Å². The third-order valence-corrected chi connectivity index (χ3v) is 2.43. The Hall–Kier alpha value is -2.37. The maximum absolute atomic E-state index is 11.3. The number of aromatic hydroxyl groups is 1. The smallest absolute Gasteiger partial charge is 0.329 e. The SMILES string of the molecule is O=C(N/N=C/c1ccccc1O)C(=O)NC1CC1. The van der Waals surface area contributed by atoms with Gasteiger partial charge < -0.3 is 10.4 Å². The van der Waals surface area contributed by atoms with Crippen LogP contribution in [0.3, 0.4) is 0 Å². The first-order chi connectivity index (χ1) is 8.66. The molecule has 0 heterocycles. The largest absolute Gasteiger partial charge is 0.507 e. The molecule has 1 aromatic carbocycles. The highest BCUT2D eigenvalue weighted by molar-refractivity contribution is 6.35. The number of nitrogens with zero attached hydrogens (tertiary/aromatic N) is 1. The van der Waals surface area contributed by atoms with Crippen LogP contribution in [0.1, 0.15) is 18.4 Å². The zero-order valence-corrected chi connectivity index (χ0v) is 9.59. The van der Waals surface area contributed by atoms with Gasteiger partial charge in [0.05, 0.1) is 6.21 Å². The Bertz CT molecular complexity index is 495. The lowest BCUT2D eigenvalue weighted by Crippen LogP contribution is -2.38. The molecule has 0 aliphatic heterocycles. The number of hydrogen-bond donors (Lipinski definition) is 3. The monoisotopic (exact) mass is 247 g/mol. The Morgan fingerprint density at radius 2 is 2.00 bits per heavy atom. The second-order valence-corrected chi connectivity index (χ2v) is 4.01. The van der Waals surface area contributed by atoms with Crippen LogP contribution >= 0.6 is 0 Å². The van der Waals surface area contributed by atoms with Gasteiger partial charge in [-0.15, -0.1) is 0 Å². The highest BCUT2D eigenvalue weighted by atomic mass is 16.3. The quantitative estimate of drug-likeness (QED) is 0.402. The molecule has 2 amide bonds. The first kappa shape index (κ1) is 12.1. The number of para-hydroxylation sites is 1. The van der Waals surface area contributed by atoms with E-state index in [1.165, 1.54) is 12.3 Å². The highest BCUT2D eigenvalue weighted by Crippen LogP contribution is 2.18. The van der Waals surface area contributed by atoms with Gasteiger partial charge in [-0.1, -0.05) is 12.1 Å². The van der Waals surface area contributed by atoms with Crippen molar-refractivity contribution in [2.45, 2.75) is 18.9 Å². The van der Waals surface area contributed by atoms with Crippen LogP contribution in [-0.2, 0) is 9.59 Å². The fourth-order valence-corrected chi connectivity index (χ4v) is 1.29. The molecule has 0 unspecified atom stereocenters. The molecule has 0 bridgehead atoms. The first-order valence-corrected chi connectivity index (χ1v) is 5.58. The van der Waals surface area contributed by atoms with Crippen LogP contribution in [0.5, 0.6) is 5.75 Å². The molecule has 3 N–H and O–H groups in total. The van der Waals surface area contributed by atoms with E-state index in [0.717, 1.165) is 12.8 Å². The Labute approximate surface area is 104 Å². The molecule has 0 saturated heterocycles. The number of hydrogen-bond acceptors (Lipinski definition) is 4. The summed E-state index contributed by atoms with van der Waals surface area (Å²) in [7, 11) is 0. The lowest BCUT2D eigenvalue weighted by Gasteiger charge is -2.01. The number of carbonyl (C=O) groups is 2. The van der Waals surface area contributed by atoms with Crippen LogP contribution < -0.4 is 10.7 Å². The Morgan fingerprint density at radius 1 is 1.28 bits per heavy atom. The van der Waals surface area contributed by atoms with Crippen LogP contribution in [0.4, 0.5) is 0 Å². The van der Waals surface area contributed by atoms with Crippen molar-refractivity contribution in [2.75, 3.05) is 0 Å². The summed E-state index contributed by atoms with van der Waals surface area (Å²) in [5.74, 6) is -1.45. The van der Waals surface area contributed by atoms with Gasteiger partial charge in [0, 0.05) is 11.6 Å². The minimum atomic E-state index is -0.812. The summed E-state index contributed by atoms with van der Waals surface area (Å²) in [6.07, 6.45) is 3.11. The molecule has 1 aliphatic carbocycles. The van der Waals surface area contributed by atoms with E-state index in [1.54, 1.807) is 18.2 Å². The van der Waals surface area contributed by atoms with E-state index in [0.29, 0.717) is 5.56 Å². The van der Waals surface area contributed by atoms with Crippen LogP contribution in [0, 0.1) is 0 Å². The molecule has 6 nitrogen and oxygen atoms in total. The lowest BCUT2D eigenvalue weighted by atomic mass is 10.2. The second kappa shape index (κ2) is 5.31. The number of rotatable bonds is 3. The maximum Gasteiger partial charge on any atom is 0.329 e.